The summed E-state index contributed by atoms with van der Waals surface area (Å²) < 4.78 is 1.23. The predicted octanol–water partition coefficient (Wildman–Crippen LogP) is 4.22. The number of likely N-dealkylation sites (N-methyl/N-ethyl adjacent to an activating group) is 1. The van der Waals surface area contributed by atoms with Gasteiger partial charge in [0.1, 0.15) is 0 Å². The first kappa shape index (κ1) is 12.6. The largest absolute Gasteiger partial charge is 0.316 e. The van der Waals surface area contributed by atoms with Crippen LogP contribution < -0.4 is 5.32 Å². The van der Waals surface area contributed by atoms with E-state index in [2.05, 4.69) is 39.7 Å². The standard InChI is InChI=1S/C13H20BrNS/c1-15-13(10-5-3-2-4-6-10)8-12-7-11(14)9-16-12/h7,9-10,13,15H,2-6,8H2,1H3. The van der Waals surface area contributed by atoms with Crippen molar-refractivity contribution in [3.8, 4) is 0 Å². The summed E-state index contributed by atoms with van der Waals surface area (Å²) in [6, 6.07) is 2.93. The molecule has 1 fully saturated rings. The Kier molecular flexibility index (Phi) is 4.86. The van der Waals surface area contributed by atoms with Gasteiger partial charge in [-0.05, 0) is 54.2 Å². The average Bonchev–Trinajstić information content (AvgIpc) is 2.73. The van der Waals surface area contributed by atoms with E-state index in [0.717, 1.165) is 5.92 Å². The van der Waals surface area contributed by atoms with Crippen LogP contribution in [0.5, 0.6) is 0 Å². The number of nitrogens with one attached hydrogen (secondary N) is 1. The molecule has 0 amide bonds. The molecule has 1 aliphatic carbocycles. The third kappa shape index (κ3) is 3.31. The molecule has 0 saturated heterocycles. The van der Waals surface area contributed by atoms with Crippen LogP contribution in [0.4, 0.5) is 0 Å². The molecule has 1 nitrogen and oxygen atoms in total. The van der Waals surface area contributed by atoms with Gasteiger partial charge in [0, 0.05) is 20.8 Å². The molecule has 1 aliphatic rings. The zero-order valence-electron chi connectivity index (χ0n) is 9.84. The van der Waals surface area contributed by atoms with Gasteiger partial charge in [0.25, 0.3) is 0 Å². The molecule has 1 unspecified atom stereocenters. The van der Waals surface area contributed by atoms with Gasteiger partial charge in [-0.15, -0.1) is 11.3 Å². The number of rotatable bonds is 4. The van der Waals surface area contributed by atoms with Gasteiger partial charge < -0.3 is 5.32 Å². The van der Waals surface area contributed by atoms with Crippen LogP contribution in [0, 0.1) is 5.92 Å². The molecule has 2 rings (SSSR count). The highest BCUT2D eigenvalue weighted by Crippen LogP contribution is 2.29. The maximum atomic E-state index is 3.53. The van der Waals surface area contributed by atoms with Crippen LogP contribution in [-0.2, 0) is 6.42 Å². The first-order valence-electron chi connectivity index (χ1n) is 6.20. The summed E-state index contributed by atoms with van der Waals surface area (Å²) in [5, 5.41) is 5.70. The fraction of sp³-hybridized carbons (Fsp3) is 0.692. The molecule has 0 radical (unpaired) electrons. The fourth-order valence-corrected chi connectivity index (χ4v) is 4.23. The molecule has 0 bridgehead atoms. The summed E-state index contributed by atoms with van der Waals surface area (Å²) in [7, 11) is 2.11. The van der Waals surface area contributed by atoms with Crippen molar-refractivity contribution in [1.82, 2.24) is 5.32 Å². The second-order valence-corrected chi connectivity index (χ2v) is 6.64. The Balaban J connectivity index is 1.94. The predicted molar refractivity (Wildman–Crippen MR) is 75.1 cm³/mol. The van der Waals surface area contributed by atoms with Crippen LogP contribution in [-0.4, -0.2) is 13.1 Å². The Bertz CT molecular complexity index is 317. The molecule has 0 aromatic carbocycles. The van der Waals surface area contributed by atoms with Crippen molar-refractivity contribution in [2.24, 2.45) is 5.92 Å². The normalized spacial score (nSPS) is 19.9. The van der Waals surface area contributed by atoms with Gasteiger partial charge in [-0.1, -0.05) is 19.3 Å². The Labute approximate surface area is 111 Å². The number of thiophene rings is 1. The van der Waals surface area contributed by atoms with Gasteiger partial charge in [-0.2, -0.15) is 0 Å². The second-order valence-electron chi connectivity index (χ2n) is 4.73. The van der Waals surface area contributed by atoms with Crippen LogP contribution in [0.15, 0.2) is 15.9 Å². The highest BCUT2D eigenvalue weighted by molar-refractivity contribution is 9.10. The Morgan fingerprint density at radius 3 is 2.75 bits per heavy atom. The minimum absolute atomic E-state index is 0.672. The van der Waals surface area contributed by atoms with Crippen LogP contribution in [0.25, 0.3) is 0 Å². The summed E-state index contributed by atoms with van der Waals surface area (Å²) in [6.07, 6.45) is 8.32. The highest BCUT2D eigenvalue weighted by atomic mass is 79.9. The van der Waals surface area contributed by atoms with E-state index >= 15 is 0 Å². The van der Waals surface area contributed by atoms with Crippen molar-refractivity contribution in [2.45, 2.75) is 44.6 Å². The van der Waals surface area contributed by atoms with E-state index in [-0.39, 0.29) is 0 Å². The monoisotopic (exact) mass is 301 g/mol. The van der Waals surface area contributed by atoms with E-state index in [1.54, 1.807) is 0 Å². The minimum Gasteiger partial charge on any atom is -0.316 e. The van der Waals surface area contributed by atoms with Gasteiger partial charge >= 0.3 is 0 Å². The van der Waals surface area contributed by atoms with E-state index in [1.165, 1.54) is 47.9 Å². The molecule has 1 N–H and O–H groups in total. The minimum atomic E-state index is 0.672. The topological polar surface area (TPSA) is 12.0 Å². The Morgan fingerprint density at radius 1 is 1.44 bits per heavy atom. The summed E-state index contributed by atoms with van der Waals surface area (Å²) >= 11 is 5.40. The zero-order chi connectivity index (χ0) is 11.4. The van der Waals surface area contributed by atoms with E-state index in [1.807, 2.05) is 11.3 Å². The number of hydrogen-bond acceptors (Lipinski definition) is 2. The lowest BCUT2D eigenvalue weighted by Gasteiger charge is -2.29. The summed E-state index contributed by atoms with van der Waals surface area (Å²) in [5.41, 5.74) is 0. The summed E-state index contributed by atoms with van der Waals surface area (Å²) in [5.74, 6) is 0.889. The molecule has 90 valence electrons. The fourth-order valence-electron chi connectivity index (χ4n) is 2.72. The molecule has 3 heteroatoms. The van der Waals surface area contributed by atoms with E-state index < -0.39 is 0 Å². The lowest BCUT2D eigenvalue weighted by atomic mass is 9.82. The van der Waals surface area contributed by atoms with Gasteiger partial charge in [0.15, 0.2) is 0 Å². The molecular formula is C13H20BrNS. The molecule has 1 saturated carbocycles. The molecule has 16 heavy (non-hydrogen) atoms. The molecular weight excluding hydrogens is 282 g/mol. The molecule has 0 spiro atoms. The zero-order valence-corrected chi connectivity index (χ0v) is 12.2. The first-order valence-corrected chi connectivity index (χ1v) is 7.87. The molecule has 0 aliphatic heterocycles. The quantitative estimate of drug-likeness (QED) is 0.878. The van der Waals surface area contributed by atoms with Crippen LogP contribution in [0.2, 0.25) is 0 Å². The lowest BCUT2D eigenvalue weighted by molar-refractivity contribution is 0.277. The van der Waals surface area contributed by atoms with E-state index in [4.69, 9.17) is 0 Å². The summed E-state index contributed by atoms with van der Waals surface area (Å²) in [4.78, 5) is 1.50. The number of hydrogen-bond donors (Lipinski definition) is 1. The Morgan fingerprint density at radius 2 is 2.19 bits per heavy atom. The smallest absolute Gasteiger partial charge is 0.0285 e. The van der Waals surface area contributed by atoms with Gasteiger partial charge in [-0.3, -0.25) is 0 Å². The summed E-state index contributed by atoms with van der Waals surface area (Å²) in [6.45, 7) is 0. The van der Waals surface area contributed by atoms with Crippen molar-refractivity contribution >= 4 is 27.3 Å². The molecule has 1 aromatic heterocycles. The van der Waals surface area contributed by atoms with Crippen LogP contribution in [0.3, 0.4) is 0 Å². The average molecular weight is 302 g/mol. The van der Waals surface area contributed by atoms with Crippen molar-refractivity contribution in [3.05, 3.63) is 20.8 Å². The van der Waals surface area contributed by atoms with E-state index in [0.29, 0.717) is 6.04 Å². The maximum Gasteiger partial charge on any atom is 0.0285 e. The molecule has 1 aromatic rings. The van der Waals surface area contributed by atoms with Crippen LogP contribution >= 0.6 is 27.3 Å². The SMILES string of the molecule is CNC(Cc1cc(Br)cs1)C1CCCCC1. The van der Waals surface area contributed by atoms with Gasteiger partial charge in [0.05, 0.1) is 0 Å². The van der Waals surface area contributed by atoms with Crippen molar-refractivity contribution in [1.29, 1.82) is 0 Å². The van der Waals surface area contributed by atoms with Crippen LogP contribution in [0.1, 0.15) is 37.0 Å². The van der Waals surface area contributed by atoms with Gasteiger partial charge in [-0.25, -0.2) is 0 Å². The molecule has 1 heterocycles. The maximum absolute atomic E-state index is 3.53. The molecule has 1 atom stereocenters. The highest BCUT2D eigenvalue weighted by Gasteiger charge is 2.22. The Hall–Kier alpha value is 0.140. The van der Waals surface area contributed by atoms with Crippen molar-refractivity contribution in [3.63, 3.8) is 0 Å². The third-order valence-electron chi connectivity index (χ3n) is 3.63. The van der Waals surface area contributed by atoms with Gasteiger partial charge in [0.2, 0.25) is 0 Å². The number of halogens is 1. The van der Waals surface area contributed by atoms with Crippen molar-refractivity contribution < 1.29 is 0 Å². The third-order valence-corrected chi connectivity index (χ3v) is 5.35. The van der Waals surface area contributed by atoms with Crippen molar-refractivity contribution in [2.75, 3.05) is 7.05 Å². The first-order chi connectivity index (χ1) is 7.79. The second kappa shape index (κ2) is 6.18. The van der Waals surface area contributed by atoms with E-state index in [9.17, 15) is 0 Å². The lowest BCUT2D eigenvalue weighted by Crippen LogP contribution is -2.36.